The van der Waals surface area contributed by atoms with Gasteiger partial charge in [-0.1, -0.05) is 61.5 Å². The fourth-order valence-electron chi connectivity index (χ4n) is 7.92. The molecule has 10 atom stereocenters. The Balaban J connectivity index is 1.93. The number of hydrogen-bond acceptors (Lipinski definition) is 4. The van der Waals surface area contributed by atoms with Crippen molar-refractivity contribution in [2.75, 3.05) is 0 Å². The lowest BCUT2D eigenvalue weighted by molar-refractivity contribution is -0.108. The van der Waals surface area contributed by atoms with Gasteiger partial charge in [0.05, 0.1) is 17.8 Å². The molecular weight excluding hydrogens is 416 g/mol. The van der Waals surface area contributed by atoms with E-state index in [1.165, 1.54) is 0 Å². The lowest BCUT2D eigenvalue weighted by Gasteiger charge is -2.52. The van der Waals surface area contributed by atoms with E-state index in [9.17, 15) is 15.3 Å². The number of rotatable bonds is 2. The third kappa shape index (κ3) is 3.13. The largest absolute Gasteiger partial charge is 0.413 e. The quantitative estimate of drug-likeness (QED) is 0.391. The Morgan fingerprint density at radius 3 is 2.12 bits per heavy atom. The maximum absolute atomic E-state index is 12.1. The van der Waals surface area contributed by atoms with Crippen LogP contribution in [-0.2, 0) is 4.43 Å². The summed E-state index contributed by atoms with van der Waals surface area (Å²) in [4.78, 5) is 0. The Kier molecular flexibility index (Phi) is 5.23. The van der Waals surface area contributed by atoms with Crippen molar-refractivity contribution >= 4 is 8.32 Å². The molecule has 4 aliphatic carbocycles. The van der Waals surface area contributed by atoms with Crippen LogP contribution in [0.25, 0.3) is 0 Å². The first-order chi connectivity index (χ1) is 14.2. The molecule has 3 saturated carbocycles. The van der Waals surface area contributed by atoms with E-state index in [4.69, 9.17) is 4.43 Å². The summed E-state index contributed by atoms with van der Waals surface area (Å²) in [6.07, 6.45) is 2.09. The molecule has 0 heterocycles. The number of aliphatic hydroxyl groups excluding tert-OH is 1. The Labute approximate surface area is 197 Å². The van der Waals surface area contributed by atoms with Gasteiger partial charge < -0.3 is 19.7 Å². The van der Waals surface area contributed by atoms with Crippen LogP contribution in [0.15, 0.2) is 11.6 Å². The first-order valence-corrected chi connectivity index (χ1v) is 15.7. The van der Waals surface area contributed by atoms with Crippen LogP contribution in [0.3, 0.4) is 0 Å². The summed E-state index contributed by atoms with van der Waals surface area (Å²) in [7, 11) is -2.13. The van der Waals surface area contributed by atoms with Gasteiger partial charge in [0.1, 0.15) is 5.60 Å². The summed E-state index contributed by atoms with van der Waals surface area (Å²) in [5.74, 6) is 1.48. The second-order valence-electron chi connectivity index (χ2n) is 14.6. The van der Waals surface area contributed by atoms with Crippen LogP contribution in [0.5, 0.6) is 0 Å². The molecule has 0 aliphatic heterocycles. The van der Waals surface area contributed by atoms with Gasteiger partial charge in [0.2, 0.25) is 0 Å². The maximum atomic E-state index is 12.1. The van der Waals surface area contributed by atoms with Gasteiger partial charge in [0.15, 0.2) is 8.32 Å². The van der Waals surface area contributed by atoms with Crippen molar-refractivity contribution < 1.29 is 19.7 Å². The molecule has 32 heavy (non-hydrogen) atoms. The Morgan fingerprint density at radius 2 is 1.59 bits per heavy atom. The topological polar surface area (TPSA) is 69.9 Å². The first-order valence-electron chi connectivity index (χ1n) is 12.8. The highest BCUT2D eigenvalue weighted by Crippen LogP contribution is 2.76. The molecule has 4 aliphatic rings. The van der Waals surface area contributed by atoms with Gasteiger partial charge in [-0.2, -0.15) is 0 Å². The van der Waals surface area contributed by atoms with Crippen molar-refractivity contribution in [2.24, 2.45) is 40.4 Å². The van der Waals surface area contributed by atoms with Crippen LogP contribution in [0, 0.1) is 40.4 Å². The Morgan fingerprint density at radius 1 is 1.03 bits per heavy atom. The monoisotopic (exact) mass is 464 g/mol. The minimum absolute atomic E-state index is 0.0643. The lowest BCUT2D eigenvalue weighted by atomic mass is 9.55. The van der Waals surface area contributed by atoms with Gasteiger partial charge in [-0.15, -0.1) is 0 Å². The van der Waals surface area contributed by atoms with Gasteiger partial charge in [-0.3, -0.25) is 0 Å². The fraction of sp³-hybridized carbons (Fsp3) is 0.926. The predicted octanol–water partition coefficient (Wildman–Crippen LogP) is 5.13. The van der Waals surface area contributed by atoms with Gasteiger partial charge in [0, 0.05) is 12.3 Å². The highest BCUT2D eigenvalue weighted by Gasteiger charge is 2.75. The molecule has 4 nitrogen and oxygen atoms in total. The van der Waals surface area contributed by atoms with E-state index in [0.717, 1.165) is 12.0 Å². The van der Waals surface area contributed by atoms with Gasteiger partial charge in [-0.25, -0.2) is 0 Å². The summed E-state index contributed by atoms with van der Waals surface area (Å²) in [5, 5.41) is 34.9. The average molecular weight is 465 g/mol. The lowest BCUT2D eigenvalue weighted by Crippen LogP contribution is -2.54. The molecule has 0 bridgehead atoms. The summed E-state index contributed by atoms with van der Waals surface area (Å²) in [6, 6.07) is 0. The number of hydrogen-bond donors (Lipinski definition) is 3. The molecule has 0 spiro atoms. The van der Waals surface area contributed by atoms with E-state index in [-0.39, 0.29) is 40.2 Å². The molecule has 0 unspecified atom stereocenters. The summed E-state index contributed by atoms with van der Waals surface area (Å²) in [5.41, 5.74) is -1.75. The van der Waals surface area contributed by atoms with Gasteiger partial charge in [0.25, 0.3) is 0 Å². The van der Waals surface area contributed by atoms with Crippen LogP contribution >= 0.6 is 0 Å². The highest BCUT2D eigenvalue weighted by molar-refractivity contribution is 6.74. The molecule has 0 aromatic rings. The molecule has 0 aromatic carbocycles. The van der Waals surface area contributed by atoms with Crippen molar-refractivity contribution in [3.8, 4) is 0 Å². The zero-order chi connectivity index (χ0) is 24.4. The zero-order valence-corrected chi connectivity index (χ0v) is 23.3. The second kappa shape index (κ2) is 6.72. The van der Waals surface area contributed by atoms with E-state index in [0.29, 0.717) is 17.8 Å². The van der Waals surface area contributed by atoms with Crippen molar-refractivity contribution in [1.29, 1.82) is 0 Å². The standard InChI is InChI=1S/C27H48O4Si/c1-15-12-17-19(24(17,6)7)20-21(31-32(10,11)23(3,4)5)16(2)22(28)27(30)14-25(8,29)13-18(27)26(15,20)9/h13,15-17,19-22,28-30H,12,14H2,1-11H3/t15-,16+,17-,19-,20-,21-,22-,25-,26-,27+/m1/s1. The molecule has 3 fully saturated rings. The molecule has 4 rings (SSSR count). The van der Waals surface area contributed by atoms with E-state index < -0.39 is 25.6 Å². The molecule has 3 N–H and O–H groups in total. The normalized spacial score (nSPS) is 52.4. The molecule has 0 saturated heterocycles. The van der Waals surface area contributed by atoms with Crippen LogP contribution < -0.4 is 0 Å². The third-order valence-corrected chi connectivity index (χ3v) is 15.5. The molecule has 5 heteroatoms. The highest BCUT2D eigenvalue weighted by atomic mass is 28.4. The van der Waals surface area contributed by atoms with Crippen molar-refractivity contribution in [3.63, 3.8) is 0 Å². The van der Waals surface area contributed by atoms with Crippen molar-refractivity contribution in [3.05, 3.63) is 11.6 Å². The van der Waals surface area contributed by atoms with Crippen LogP contribution in [-0.4, -0.2) is 47.0 Å². The summed E-state index contributed by atoms with van der Waals surface area (Å²) in [6.45, 7) is 24.6. The minimum atomic E-state index is -2.13. The molecule has 184 valence electrons. The van der Waals surface area contributed by atoms with Crippen LogP contribution in [0.1, 0.15) is 75.2 Å². The molecular formula is C27H48O4Si. The summed E-state index contributed by atoms with van der Waals surface area (Å²) < 4.78 is 7.22. The molecule has 0 radical (unpaired) electrons. The molecule has 0 aromatic heterocycles. The third-order valence-electron chi connectivity index (χ3n) is 11.1. The minimum Gasteiger partial charge on any atom is -0.413 e. The van der Waals surface area contributed by atoms with Crippen LogP contribution in [0.2, 0.25) is 18.1 Å². The van der Waals surface area contributed by atoms with E-state index in [1.54, 1.807) is 6.92 Å². The predicted molar refractivity (Wildman–Crippen MR) is 132 cm³/mol. The zero-order valence-electron chi connectivity index (χ0n) is 22.3. The fourth-order valence-corrected chi connectivity index (χ4v) is 9.32. The van der Waals surface area contributed by atoms with Gasteiger partial charge >= 0.3 is 0 Å². The maximum Gasteiger partial charge on any atom is 0.192 e. The average Bonchev–Trinajstić information content (AvgIpc) is 3.03. The first kappa shape index (κ1) is 24.9. The van der Waals surface area contributed by atoms with Crippen molar-refractivity contribution in [2.45, 2.75) is 117 Å². The Bertz CT molecular complexity index is 824. The SMILES string of the molecule is C[C@H]1[C@@H](O[Si](C)(C)C(C)(C)C)[C@H]2[C@H]3[C@@H](C[C@@H](C)[C@]2(C)C2=C[C@@](C)(O)C[C@@]2(O)[C@@H]1O)C3(C)C. The van der Waals surface area contributed by atoms with E-state index in [1.807, 2.05) is 6.08 Å². The van der Waals surface area contributed by atoms with E-state index in [2.05, 4.69) is 68.5 Å². The number of fused-ring (bicyclic) bond motifs is 5. The second-order valence-corrected chi connectivity index (χ2v) is 19.3. The smallest absolute Gasteiger partial charge is 0.192 e. The van der Waals surface area contributed by atoms with Crippen molar-refractivity contribution in [1.82, 2.24) is 0 Å². The molecule has 0 amide bonds. The summed E-state index contributed by atoms with van der Waals surface area (Å²) >= 11 is 0. The van der Waals surface area contributed by atoms with Gasteiger partial charge in [-0.05, 0) is 71.6 Å². The van der Waals surface area contributed by atoms with Crippen LogP contribution in [0.4, 0.5) is 0 Å². The Hall–Kier alpha value is -0.203. The van der Waals surface area contributed by atoms with E-state index >= 15 is 0 Å². The number of aliphatic hydroxyl groups is 3.